The Morgan fingerprint density at radius 2 is 1.66 bits per heavy atom. The second-order valence-electron chi connectivity index (χ2n) is 6.73. The van der Waals surface area contributed by atoms with Crippen molar-refractivity contribution in [2.75, 3.05) is 28.5 Å². The van der Waals surface area contributed by atoms with Gasteiger partial charge in [-0.2, -0.15) is 0 Å². The van der Waals surface area contributed by atoms with Crippen LogP contribution in [0.2, 0.25) is 0 Å². The molecule has 7 nitrogen and oxygen atoms in total. The molecule has 0 spiro atoms. The monoisotopic (exact) mass is 419 g/mol. The van der Waals surface area contributed by atoms with Crippen LogP contribution in [0, 0.1) is 5.82 Å². The molecule has 0 saturated carbocycles. The van der Waals surface area contributed by atoms with Gasteiger partial charge in [-0.05, 0) is 61.2 Å². The quantitative estimate of drug-likeness (QED) is 0.725. The van der Waals surface area contributed by atoms with Crippen molar-refractivity contribution in [1.29, 1.82) is 0 Å². The van der Waals surface area contributed by atoms with E-state index in [-0.39, 0.29) is 18.1 Å². The first kappa shape index (κ1) is 20.8. The molecule has 0 radical (unpaired) electrons. The molecule has 1 saturated heterocycles. The fourth-order valence-corrected chi connectivity index (χ4v) is 4.67. The van der Waals surface area contributed by atoms with Gasteiger partial charge in [0.05, 0.1) is 11.4 Å². The minimum Gasteiger partial charge on any atom is -0.347 e. The highest BCUT2D eigenvalue weighted by Gasteiger charge is 2.25. The van der Waals surface area contributed by atoms with Gasteiger partial charge in [0.1, 0.15) is 5.82 Å². The van der Waals surface area contributed by atoms with Crippen molar-refractivity contribution in [3.8, 4) is 0 Å². The molecule has 2 N–H and O–H groups in total. The van der Waals surface area contributed by atoms with Crippen molar-refractivity contribution in [2.45, 2.75) is 19.3 Å². The molecular weight excluding hydrogens is 397 g/mol. The molecule has 3 rings (SSSR count). The SMILES string of the molecule is O=C(NCCc1ccc(F)cc1)C(=O)Nc1ccc(N2CCCCS2(=O)=O)cc1. The highest BCUT2D eigenvalue weighted by molar-refractivity contribution is 7.92. The standard InChI is InChI=1S/C20H22FN3O4S/c21-16-5-3-15(4-6-16)11-12-22-19(25)20(26)23-17-7-9-18(10-8-17)24-13-1-2-14-29(24,27)28/h3-10H,1-2,11-14H2,(H,22,25)(H,23,26). The van der Waals surface area contributed by atoms with Crippen LogP contribution in [0.5, 0.6) is 0 Å². The number of nitrogens with zero attached hydrogens (tertiary/aromatic N) is 1. The number of hydrogen-bond acceptors (Lipinski definition) is 4. The Morgan fingerprint density at radius 1 is 0.966 bits per heavy atom. The lowest BCUT2D eigenvalue weighted by Crippen LogP contribution is -2.38. The average molecular weight is 419 g/mol. The summed E-state index contributed by atoms with van der Waals surface area (Å²) in [5.74, 6) is -1.80. The zero-order chi connectivity index (χ0) is 20.9. The van der Waals surface area contributed by atoms with Crippen molar-refractivity contribution in [3.63, 3.8) is 0 Å². The first-order valence-electron chi connectivity index (χ1n) is 9.29. The van der Waals surface area contributed by atoms with E-state index in [1.165, 1.54) is 16.4 Å². The molecular formula is C20H22FN3O4S. The zero-order valence-electron chi connectivity index (χ0n) is 15.7. The predicted octanol–water partition coefficient (Wildman–Crippen LogP) is 2.05. The highest BCUT2D eigenvalue weighted by atomic mass is 32.2. The Morgan fingerprint density at radius 3 is 2.31 bits per heavy atom. The fourth-order valence-electron chi connectivity index (χ4n) is 3.03. The van der Waals surface area contributed by atoms with E-state index >= 15 is 0 Å². The number of sulfonamides is 1. The van der Waals surface area contributed by atoms with Gasteiger partial charge < -0.3 is 10.6 Å². The summed E-state index contributed by atoms with van der Waals surface area (Å²) in [6, 6.07) is 12.2. The third kappa shape index (κ3) is 5.54. The van der Waals surface area contributed by atoms with Gasteiger partial charge >= 0.3 is 11.8 Å². The zero-order valence-corrected chi connectivity index (χ0v) is 16.5. The molecule has 0 bridgehead atoms. The molecule has 1 heterocycles. The normalized spacial score (nSPS) is 15.6. The molecule has 1 fully saturated rings. The molecule has 9 heteroatoms. The predicted molar refractivity (Wildman–Crippen MR) is 109 cm³/mol. The molecule has 2 amide bonds. The van der Waals surface area contributed by atoms with Gasteiger partial charge in [0.2, 0.25) is 10.0 Å². The van der Waals surface area contributed by atoms with E-state index in [0.717, 1.165) is 12.0 Å². The maximum Gasteiger partial charge on any atom is 0.313 e. The fraction of sp³-hybridized carbons (Fsp3) is 0.300. The lowest BCUT2D eigenvalue weighted by molar-refractivity contribution is -0.136. The number of nitrogens with one attached hydrogen (secondary N) is 2. The van der Waals surface area contributed by atoms with Gasteiger partial charge in [-0.1, -0.05) is 12.1 Å². The van der Waals surface area contributed by atoms with E-state index in [0.29, 0.717) is 30.8 Å². The van der Waals surface area contributed by atoms with Crippen LogP contribution >= 0.6 is 0 Å². The van der Waals surface area contributed by atoms with Crippen LogP contribution in [0.3, 0.4) is 0 Å². The summed E-state index contributed by atoms with van der Waals surface area (Å²) >= 11 is 0. The van der Waals surface area contributed by atoms with Crippen molar-refractivity contribution in [1.82, 2.24) is 5.32 Å². The van der Waals surface area contributed by atoms with Crippen molar-refractivity contribution in [2.24, 2.45) is 0 Å². The summed E-state index contributed by atoms with van der Waals surface area (Å²) in [4.78, 5) is 23.9. The first-order chi connectivity index (χ1) is 13.8. The Balaban J connectivity index is 1.50. The number of anilines is 2. The highest BCUT2D eigenvalue weighted by Crippen LogP contribution is 2.24. The first-order valence-corrected chi connectivity index (χ1v) is 10.9. The summed E-state index contributed by atoms with van der Waals surface area (Å²) in [6.07, 6.45) is 1.93. The Bertz CT molecular complexity index is 976. The van der Waals surface area contributed by atoms with Crippen molar-refractivity contribution < 1.29 is 22.4 Å². The van der Waals surface area contributed by atoms with Crippen molar-refractivity contribution >= 4 is 33.2 Å². The summed E-state index contributed by atoms with van der Waals surface area (Å²) in [5, 5.41) is 4.99. The molecule has 2 aromatic carbocycles. The minimum absolute atomic E-state index is 0.129. The Kier molecular flexibility index (Phi) is 6.48. The lowest BCUT2D eigenvalue weighted by atomic mass is 10.1. The third-order valence-electron chi connectivity index (χ3n) is 4.58. The molecule has 0 aromatic heterocycles. The maximum atomic E-state index is 12.9. The Hall–Kier alpha value is -2.94. The van der Waals surface area contributed by atoms with E-state index < -0.39 is 21.8 Å². The molecule has 1 aliphatic heterocycles. The second kappa shape index (κ2) is 9.04. The van der Waals surface area contributed by atoms with E-state index in [9.17, 15) is 22.4 Å². The van der Waals surface area contributed by atoms with E-state index in [2.05, 4.69) is 10.6 Å². The van der Waals surface area contributed by atoms with Crippen LogP contribution in [0.1, 0.15) is 18.4 Å². The van der Waals surface area contributed by atoms with Crippen LogP contribution in [0.15, 0.2) is 48.5 Å². The summed E-state index contributed by atoms with van der Waals surface area (Å²) in [6.45, 7) is 0.675. The van der Waals surface area contributed by atoms with Crippen LogP contribution in [-0.2, 0) is 26.0 Å². The van der Waals surface area contributed by atoms with E-state index in [4.69, 9.17) is 0 Å². The molecule has 154 valence electrons. The van der Waals surface area contributed by atoms with Crippen LogP contribution in [0.25, 0.3) is 0 Å². The van der Waals surface area contributed by atoms with Crippen LogP contribution in [-0.4, -0.2) is 39.1 Å². The number of carbonyl (C=O) groups is 2. The number of hydrogen-bond donors (Lipinski definition) is 2. The van der Waals surface area contributed by atoms with E-state index in [1.807, 2.05) is 0 Å². The lowest BCUT2D eigenvalue weighted by Gasteiger charge is -2.28. The maximum absolute atomic E-state index is 12.9. The van der Waals surface area contributed by atoms with Gasteiger partial charge in [-0.3, -0.25) is 13.9 Å². The molecule has 0 unspecified atom stereocenters. The van der Waals surface area contributed by atoms with E-state index in [1.54, 1.807) is 36.4 Å². The van der Waals surface area contributed by atoms with Gasteiger partial charge in [0, 0.05) is 18.8 Å². The minimum atomic E-state index is -3.30. The number of benzene rings is 2. The van der Waals surface area contributed by atoms with Gasteiger partial charge in [-0.15, -0.1) is 0 Å². The van der Waals surface area contributed by atoms with Crippen molar-refractivity contribution in [3.05, 3.63) is 59.9 Å². The Labute approximate surface area is 169 Å². The molecule has 1 aliphatic rings. The third-order valence-corrected chi connectivity index (χ3v) is 6.45. The number of carbonyl (C=O) groups excluding carboxylic acids is 2. The molecule has 2 aromatic rings. The summed E-state index contributed by atoms with van der Waals surface area (Å²) < 4.78 is 38.5. The smallest absolute Gasteiger partial charge is 0.313 e. The van der Waals surface area contributed by atoms with Gasteiger partial charge in [0.25, 0.3) is 0 Å². The largest absolute Gasteiger partial charge is 0.347 e. The summed E-state index contributed by atoms with van der Waals surface area (Å²) in [7, 11) is -3.30. The molecule has 29 heavy (non-hydrogen) atoms. The topological polar surface area (TPSA) is 95.6 Å². The van der Waals surface area contributed by atoms with Gasteiger partial charge in [0.15, 0.2) is 0 Å². The molecule has 0 atom stereocenters. The van der Waals surface area contributed by atoms with Crippen LogP contribution in [0.4, 0.5) is 15.8 Å². The average Bonchev–Trinajstić information content (AvgIpc) is 2.70. The number of halogens is 1. The molecule has 0 aliphatic carbocycles. The number of amides is 2. The second-order valence-corrected chi connectivity index (χ2v) is 8.74. The van der Waals surface area contributed by atoms with Gasteiger partial charge in [-0.25, -0.2) is 12.8 Å². The number of rotatable bonds is 5. The summed E-state index contributed by atoms with van der Waals surface area (Å²) in [5.41, 5.74) is 1.77. The van der Waals surface area contributed by atoms with Crippen LogP contribution < -0.4 is 14.9 Å².